The van der Waals surface area contributed by atoms with E-state index in [0.29, 0.717) is 12.8 Å². The number of thioether (sulfide) groups is 1. The zero-order chi connectivity index (χ0) is 11.8. The molecule has 0 bridgehead atoms. The number of hydrogen-bond acceptors (Lipinski definition) is 4. The zero-order valence-corrected chi connectivity index (χ0v) is 9.80. The first kappa shape index (κ1) is 14.2. The van der Waals surface area contributed by atoms with Crippen LogP contribution in [-0.4, -0.2) is 27.2 Å². The number of Topliss-reactive ketones (excluding diaryl/α,β-unsaturated/α-hetero) is 1. The Morgan fingerprint density at radius 1 is 1.20 bits per heavy atom. The minimum Gasteiger partial charge on any atom is -0.481 e. The molecule has 0 aromatic rings. The molecule has 15 heavy (non-hydrogen) atoms. The van der Waals surface area contributed by atoms with Crippen LogP contribution >= 0.6 is 11.8 Å². The van der Waals surface area contributed by atoms with Crippen molar-refractivity contribution in [3.8, 4) is 0 Å². The van der Waals surface area contributed by atoms with Crippen LogP contribution in [0.1, 0.15) is 39.5 Å². The third kappa shape index (κ3) is 9.46. The Labute approximate surface area is 93.4 Å². The molecular weight excluding hydrogens is 216 g/mol. The molecule has 0 saturated carbocycles. The molecule has 0 fully saturated rings. The summed E-state index contributed by atoms with van der Waals surface area (Å²) in [5.41, 5.74) is 0. The fourth-order valence-corrected chi connectivity index (χ4v) is 1.86. The molecular formula is C10H16O4S. The fraction of sp³-hybridized carbons (Fsp3) is 0.700. The maximum atomic E-state index is 11.2. The molecule has 5 heteroatoms. The van der Waals surface area contributed by atoms with E-state index in [1.807, 2.05) is 6.92 Å². The molecule has 0 aliphatic rings. The van der Waals surface area contributed by atoms with Gasteiger partial charge >= 0.3 is 5.97 Å². The zero-order valence-electron chi connectivity index (χ0n) is 8.99. The van der Waals surface area contributed by atoms with E-state index in [-0.39, 0.29) is 29.0 Å². The third-order valence-electron chi connectivity index (χ3n) is 1.78. The van der Waals surface area contributed by atoms with Crippen molar-refractivity contribution in [1.29, 1.82) is 0 Å². The van der Waals surface area contributed by atoms with E-state index >= 15 is 0 Å². The highest BCUT2D eigenvalue weighted by Gasteiger charge is 2.11. The van der Waals surface area contributed by atoms with Crippen molar-refractivity contribution in [2.75, 3.05) is 0 Å². The quantitative estimate of drug-likeness (QED) is 0.725. The summed E-state index contributed by atoms with van der Waals surface area (Å²) in [5.74, 6) is -0.847. The molecule has 0 aliphatic heterocycles. The lowest BCUT2D eigenvalue weighted by Crippen LogP contribution is -2.06. The predicted molar refractivity (Wildman–Crippen MR) is 58.8 cm³/mol. The Hall–Kier alpha value is -0.840. The Kier molecular flexibility index (Phi) is 7.03. The number of aliphatic carboxylic acids is 1. The summed E-state index contributed by atoms with van der Waals surface area (Å²) < 4.78 is 0. The molecule has 1 N–H and O–H groups in total. The predicted octanol–water partition coefficient (Wildman–Crippen LogP) is 1.87. The first-order chi connectivity index (χ1) is 6.91. The van der Waals surface area contributed by atoms with Gasteiger partial charge in [-0.05, 0) is 13.3 Å². The second-order valence-electron chi connectivity index (χ2n) is 3.43. The monoisotopic (exact) mass is 232 g/mol. The first-order valence-electron chi connectivity index (χ1n) is 4.82. The molecule has 0 heterocycles. The van der Waals surface area contributed by atoms with Crippen LogP contribution in [0.3, 0.4) is 0 Å². The first-order valence-corrected chi connectivity index (χ1v) is 5.70. The van der Waals surface area contributed by atoms with Gasteiger partial charge in [0.05, 0.1) is 6.42 Å². The van der Waals surface area contributed by atoms with Gasteiger partial charge in [-0.25, -0.2) is 0 Å². The lowest BCUT2D eigenvalue weighted by molar-refractivity contribution is -0.138. The highest BCUT2D eigenvalue weighted by molar-refractivity contribution is 8.14. The van der Waals surface area contributed by atoms with Crippen molar-refractivity contribution in [2.24, 2.45) is 0 Å². The van der Waals surface area contributed by atoms with Gasteiger partial charge in [-0.3, -0.25) is 9.59 Å². The Bertz CT molecular complexity index is 250. The van der Waals surface area contributed by atoms with Gasteiger partial charge in [-0.2, -0.15) is 0 Å². The molecule has 1 unspecified atom stereocenters. The molecule has 0 amide bonds. The second-order valence-corrected chi connectivity index (χ2v) is 4.93. The topological polar surface area (TPSA) is 71.4 Å². The molecule has 0 aromatic heterocycles. The van der Waals surface area contributed by atoms with E-state index in [2.05, 4.69) is 0 Å². The molecule has 0 spiro atoms. The summed E-state index contributed by atoms with van der Waals surface area (Å²) in [7, 11) is 0. The van der Waals surface area contributed by atoms with Crippen LogP contribution in [0.5, 0.6) is 0 Å². The summed E-state index contributed by atoms with van der Waals surface area (Å²) in [4.78, 5) is 32.1. The van der Waals surface area contributed by atoms with Gasteiger partial charge in [-0.1, -0.05) is 18.7 Å². The normalized spacial score (nSPS) is 12.1. The molecule has 0 aliphatic carbocycles. The van der Waals surface area contributed by atoms with Crippen molar-refractivity contribution in [2.45, 2.75) is 44.8 Å². The smallest absolute Gasteiger partial charge is 0.303 e. The minimum absolute atomic E-state index is 0.0599. The van der Waals surface area contributed by atoms with Gasteiger partial charge in [0, 0.05) is 18.1 Å². The molecule has 0 rings (SSSR count). The van der Waals surface area contributed by atoms with Crippen LogP contribution < -0.4 is 0 Å². The maximum absolute atomic E-state index is 11.2. The minimum atomic E-state index is -0.958. The number of carbonyl (C=O) groups excluding carboxylic acids is 2. The van der Waals surface area contributed by atoms with Crippen LogP contribution in [0, 0.1) is 0 Å². The molecule has 0 aromatic carbocycles. The van der Waals surface area contributed by atoms with Gasteiger partial charge in [-0.15, -0.1) is 0 Å². The second kappa shape index (κ2) is 7.45. The van der Waals surface area contributed by atoms with Crippen LogP contribution in [-0.2, 0) is 14.4 Å². The van der Waals surface area contributed by atoms with Crippen LogP contribution in [0.25, 0.3) is 0 Å². The van der Waals surface area contributed by atoms with Gasteiger partial charge in [0.25, 0.3) is 0 Å². The van der Waals surface area contributed by atoms with E-state index in [0.717, 1.165) is 11.8 Å². The summed E-state index contributed by atoms with van der Waals surface area (Å²) in [6, 6.07) is 0. The van der Waals surface area contributed by atoms with Crippen molar-refractivity contribution < 1.29 is 19.5 Å². The molecule has 86 valence electrons. The van der Waals surface area contributed by atoms with E-state index in [9.17, 15) is 14.4 Å². The molecule has 0 radical (unpaired) electrons. The van der Waals surface area contributed by atoms with Crippen molar-refractivity contribution in [3.05, 3.63) is 0 Å². The summed E-state index contributed by atoms with van der Waals surface area (Å²) in [5, 5.41) is 8.33. The van der Waals surface area contributed by atoms with E-state index in [4.69, 9.17) is 5.11 Å². The largest absolute Gasteiger partial charge is 0.481 e. The average Bonchev–Trinajstić information content (AvgIpc) is 2.11. The van der Waals surface area contributed by atoms with Gasteiger partial charge in [0.2, 0.25) is 0 Å². The summed E-state index contributed by atoms with van der Waals surface area (Å²) >= 11 is 1.13. The van der Waals surface area contributed by atoms with Gasteiger partial charge < -0.3 is 9.90 Å². The van der Waals surface area contributed by atoms with Crippen LogP contribution in [0.4, 0.5) is 0 Å². The van der Waals surface area contributed by atoms with Crippen molar-refractivity contribution in [3.63, 3.8) is 0 Å². The molecule has 1 atom stereocenters. The summed E-state index contributed by atoms with van der Waals surface area (Å²) in [6.07, 6.45) is 1.08. The fourth-order valence-electron chi connectivity index (χ4n) is 0.958. The van der Waals surface area contributed by atoms with Gasteiger partial charge in [0.1, 0.15) is 5.78 Å². The number of rotatable bonds is 7. The molecule has 4 nitrogen and oxygen atoms in total. The van der Waals surface area contributed by atoms with Crippen LogP contribution in [0.15, 0.2) is 0 Å². The van der Waals surface area contributed by atoms with E-state index in [1.54, 1.807) is 0 Å². The van der Waals surface area contributed by atoms with Crippen molar-refractivity contribution in [1.82, 2.24) is 0 Å². The Morgan fingerprint density at radius 3 is 2.27 bits per heavy atom. The van der Waals surface area contributed by atoms with Gasteiger partial charge in [0.15, 0.2) is 5.12 Å². The van der Waals surface area contributed by atoms with E-state index < -0.39 is 5.97 Å². The number of ketones is 1. The highest BCUT2D eigenvalue weighted by atomic mass is 32.2. The lowest BCUT2D eigenvalue weighted by atomic mass is 10.2. The number of carbonyl (C=O) groups is 3. The SMILES string of the molecule is CC(=O)CCC(C)SC(=O)CCC(=O)O. The van der Waals surface area contributed by atoms with Crippen LogP contribution in [0.2, 0.25) is 0 Å². The maximum Gasteiger partial charge on any atom is 0.303 e. The lowest BCUT2D eigenvalue weighted by Gasteiger charge is -2.07. The number of hydrogen-bond donors (Lipinski definition) is 1. The highest BCUT2D eigenvalue weighted by Crippen LogP contribution is 2.19. The summed E-state index contributed by atoms with van der Waals surface area (Å²) in [6.45, 7) is 3.38. The number of carboxylic acid groups (broad SMARTS) is 1. The molecule has 0 saturated heterocycles. The Morgan fingerprint density at radius 2 is 1.80 bits per heavy atom. The Balaban J connectivity index is 3.66. The number of carboxylic acids is 1. The average molecular weight is 232 g/mol. The van der Waals surface area contributed by atoms with E-state index in [1.165, 1.54) is 6.92 Å². The third-order valence-corrected chi connectivity index (χ3v) is 2.88. The van der Waals surface area contributed by atoms with Crippen molar-refractivity contribution >= 4 is 28.6 Å². The standard InChI is InChI=1S/C10H16O4S/c1-7(11)3-4-8(2)15-10(14)6-5-9(12)13/h8H,3-6H2,1-2H3,(H,12,13).